The van der Waals surface area contributed by atoms with Crippen molar-refractivity contribution < 1.29 is 19.4 Å². The zero-order chi connectivity index (χ0) is 18.9. The molecule has 1 atom stereocenters. The number of hydrogen-bond donors (Lipinski definition) is 1. The minimum Gasteiger partial charge on any atom is -0.497 e. The summed E-state index contributed by atoms with van der Waals surface area (Å²) in [5, 5.41) is 10.2. The molecule has 0 spiro atoms. The summed E-state index contributed by atoms with van der Waals surface area (Å²) in [6, 6.07) is 12.7. The fourth-order valence-electron chi connectivity index (χ4n) is 3.24. The number of rotatable bonds is 4. The van der Waals surface area contributed by atoms with Gasteiger partial charge in [0.15, 0.2) is 0 Å². The number of fused-ring (bicyclic) bond motifs is 1. The number of amides is 1. The number of carbonyl (C=O) groups is 2. The summed E-state index contributed by atoms with van der Waals surface area (Å²) in [6.07, 6.45) is 0.188. The van der Waals surface area contributed by atoms with Gasteiger partial charge < -0.3 is 14.7 Å². The van der Waals surface area contributed by atoms with Gasteiger partial charge in [0.25, 0.3) is 0 Å². The molecule has 5 nitrogen and oxygen atoms in total. The molecule has 0 bridgehead atoms. The van der Waals surface area contributed by atoms with E-state index in [9.17, 15) is 14.7 Å². The van der Waals surface area contributed by atoms with Crippen LogP contribution in [0.5, 0.6) is 5.75 Å². The van der Waals surface area contributed by atoms with E-state index in [0.29, 0.717) is 17.3 Å². The van der Waals surface area contributed by atoms with Crippen LogP contribution in [-0.4, -0.2) is 24.1 Å². The SMILES string of the molecule is COc1ccc(CN2C(=O)CC(C)(C(=O)O)Cc3cc(Cl)ccc32)cc1. The van der Waals surface area contributed by atoms with E-state index in [4.69, 9.17) is 16.3 Å². The third kappa shape index (κ3) is 3.53. The van der Waals surface area contributed by atoms with Gasteiger partial charge in [-0.25, -0.2) is 0 Å². The van der Waals surface area contributed by atoms with E-state index >= 15 is 0 Å². The number of carbonyl (C=O) groups excluding carboxylic acids is 1. The van der Waals surface area contributed by atoms with Crippen molar-refractivity contribution in [1.29, 1.82) is 0 Å². The summed E-state index contributed by atoms with van der Waals surface area (Å²) in [7, 11) is 1.60. The molecule has 136 valence electrons. The number of anilines is 1. The normalized spacial score (nSPS) is 19.7. The van der Waals surface area contributed by atoms with E-state index in [1.807, 2.05) is 24.3 Å². The second-order valence-corrected chi connectivity index (χ2v) is 7.26. The Morgan fingerprint density at radius 3 is 2.54 bits per heavy atom. The summed E-state index contributed by atoms with van der Waals surface area (Å²) in [4.78, 5) is 26.3. The molecule has 3 rings (SSSR count). The summed E-state index contributed by atoms with van der Waals surface area (Å²) in [6.45, 7) is 1.96. The van der Waals surface area contributed by atoms with Gasteiger partial charge in [-0.1, -0.05) is 23.7 Å². The Kier molecular flexibility index (Phi) is 4.92. The molecule has 0 fully saturated rings. The molecule has 1 aliphatic heterocycles. The van der Waals surface area contributed by atoms with Gasteiger partial charge in [-0.05, 0) is 54.8 Å². The fraction of sp³-hybridized carbons (Fsp3) is 0.300. The second-order valence-electron chi connectivity index (χ2n) is 6.82. The van der Waals surface area contributed by atoms with E-state index in [0.717, 1.165) is 16.9 Å². The van der Waals surface area contributed by atoms with E-state index in [1.54, 1.807) is 37.1 Å². The van der Waals surface area contributed by atoms with Crippen LogP contribution in [0, 0.1) is 5.41 Å². The smallest absolute Gasteiger partial charge is 0.310 e. The van der Waals surface area contributed by atoms with Crippen LogP contribution in [0.4, 0.5) is 5.69 Å². The van der Waals surface area contributed by atoms with E-state index < -0.39 is 11.4 Å². The Balaban J connectivity index is 2.01. The van der Waals surface area contributed by atoms with Crippen molar-refractivity contribution in [2.24, 2.45) is 5.41 Å². The first-order valence-electron chi connectivity index (χ1n) is 8.27. The molecule has 2 aromatic rings. The van der Waals surface area contributed by atoms with Gasteiger partial charge in [0.2, 0.25) is 5.91 Å². The van der Waals surface area contributed by atoms with Crippen LogP contribution in [0.2, 0.25) is 5.02 Å². The number of hydrogen-bond acceptors (Lipinski definition) is 3. The molecule has 1 N–H and O–H groups in total. The predicted octanol–water partition coefficient (Wildman–Crippen LogP) is 3.92. The molecule has 1 aliphatic rings. The molecule has 0 saturated heterocycles. The molecule has 0 aliphatic carbocycles. The highest BCUT2D eigenvalue weighted by Crippen LogP contribution is 2.38. The van der Waals surface area contributed by atoms with Gasteiger partial charge in [-0.3, -0.25) is 9.59 Å². The van der Waals surface area contributed by atoms with Crippen LogP contribution in [0.1, 0.15) is 24.5 Å². The minimum absolute atomic E-state index is 0.0647. The van der Waals surface area contributed by atoms with Crippen molar-refractivity contribution in [2.45, 2.75) is 26.3 Å². The lowest BCUT2D eigenvalue weighted by Crippen LogP contribution is -2.36. The first kappa shape index (κ1) is 18.3. The predicted molar refractivity (Wildman–Crippen MR) is 99.7 cm³/mol. The number of nitrogens with zero attached hydrogens (tertiary/aromatic N) is 1. The van der Waals surface area contributed by atoms with Crippen molar-refractivity contribution in [2.75, 3.05) is 12.0 Å². The highest BCUT2D eigenvalue weighted by Gasteiger charge is 2.41. The zero-order valence-electron chi connectivity index (χ0n) is 14.7. The molecule has 6 heteroatoms. The van der Waals surface area contributed by atoms with Crippen LogP contribution in [0.3, 0.4) is 0 Å². The summed E-state index contributed by atoms with van der Waals surface area (Å²) in [5.41, 5.74) is 1.24. The summed E-state index contributed by atoms with van der Waals surface area (Å²) in [5.74, 6) is -0.462. The quantitative estimate of drug-likeness (QED) is 0.882. The van der Waals surface area contributed by atoms with Crippen molar-refractivity contribution in [3.05, 3.63) is 58.6 Å². The van der Waals surface area contributed by atoms with Crippen molar-refractivity contribution in [3.8, 4) is 5.75 Å². The number of carboxylic acids is 1. The second kappa shape index (κ2) is 7.00. The molecule has 1 amide bonds. The van der Waals surface area contributed by atoms with Crippen LogP contribution < -0.4 is 9.64 Å². The average molecular weight is 374 g/mol. The van der Waals surface area contributed by atoms with Gasteiger partial charge in [0.1, 0.15) is 5.75 Å². The van der Waals surface area contributed by atoms with Gasteiger partial charge in [0.05, 0.1) is 19.1 Å². The maximum absolute atomic E-state index is 12.9. The fourth-order valence-corrected chi connectivity index (χ4v) is 3.44. The molecular formula is C20H20ClNO4. The van der Waals surface area contributed by atoms with E-state index in [2.05, 4.69) is 0 Å². The topological polar surface area (TPSA) is 66.8 Å². The molecule has 0 radical (unpaired) electrons. The standard InChI is InChI=1S/C20H20ClNO4/c1-20(19(24)25)10-14-9-15(21)5-8-17(14)22(18(23)11-20)12-13-3-6-16(26-2)7-4-13/h3-9H,10-12H2,1-2H3,(H,24,25). The molecule has 26 heavy (non-hydrogen) atoms. The van der Waals surface area contributed by atoms with Crippen LogP contribution in [-0.2, 0) is 22.6 Å². The van der Waals surface area contributed by atoms with Crippen molar-refractivity contribution in [1.82, 2.24) is 0 Å². The van der Waals surface area contributed by atoms with Crippen LogP contribution >= 0.6 is 11.6 Å². The highest BCUT2D eigenvalue weighted by atomic mass is 35.5. The third-order valence-corrected chi connectivity index (χ3v) is 5.01. The molecule has 2 aromatic carbocycles. The zero-order valence-corrected chi connectivity index (χ0v) is 15.4. The summed E-state index contributed by atoms with van der Waals surface area (Å²) < 4.78 is 5.16. The van der Waals surface area contributed by atoms with Gasteiger partial charge >= 0.3 is 5.97 Å². The largest absolute Gasteiger partial charge is 0.497 e. The maximum Gasteiger partial charge on any atom is 0.310 e. The Hall–Kier alpha value is -2.53. The van der Waals surface area contributed by atoms with Gasteiger partial charge in [-0.15, -0.1) is 0 Å². The molecule has 1 heterocycles. The number of aliphatic carboxylic acids is 1. The third-order valence-electron chi connectivity index (χ3n) is 4.77. The van der Waals surface area contributed by atoms with Crippen LogP contribution in [0.15, 0.2) is 42.5 Å². The monoisotopic (exact) mass is 373 g/mol. The molecular weight excluding hydrogens is 354 g/mol. The lowest BCUT2D eigenvalue weighted by Gasteiger charge is -2.24. The van der Waals surface area contributed by atoms with E-state index in [-0.39, 0.29) is 18.7 Å². The summed E-state index contributed by atoms with van der Waals surface area (Å²) >= 11 is 6.12. The Morgan fingerprint density at radius 2 is 1.92 bits per heavy atom. The van der Waals surface area contributed by atoms with E-state index in [1.165, 1.54) is 0 Å². The first-order valence-corrected chi connectivity index (χ1v) is 8.65. The number of methoxy groups -OCH3 is 1. The number of benzene rings is 2. The highest BCUT2D eigenvalue weighted by molar-refractivity contribution is 6.30. The average Bonchev–Trinajstić information content (AvgIpc) is 2.70. The molecule has 0 aromatic heterocycles. The number of carboxylic acid groups (broad SMARTS) is 1. The van der Waals surface area contributed by atoms with Crippen LogP contribution in [0.25, 0.3) is 0 Å². The Labute approximate surface area is 157 Å². The number of ether oxygens (including phenoxy) is 1. The first-order chi connectivity index (χ1) is 12.3. The lowest BCUT2D eigenvalue weighted by atomic mass is 9.81. The van der Waals surface area contributed by atoms with Crippen molar-refractivity contribution >= 4 is 29.2 Å². The molecule has 1 unspecified atom stereocenters. The Bertz CT molecular complexity index is 849. The maximum atomic E-state index is 12.9. The van der Waals surface area contributed by atoms with Gasteiger partial charge in [-0.2, -0.15) is 0 Å². The molecule has 0 saturated carbocycles. The minimum atomic E-state index is -1.16. The van der Waals surface area contributed by atoms with Gasteiger partial charge in [0, 0.05) is 17.1 Å². The van der Waals surface area contributed by atoms with Crippen molar-refractivity contribution in [3.63, 3.8) is 0 Å². The lowest BCUT2D eigenvalue weighted by molar-refractivity contribution is -0.150. The number of halogens is 1. The Morgan fingerprint density at radius 1 is 1.23 bits per heavy atom.